The summed E-state index contributed by atoms with van der Waals surface area (Å²) >= 11 is 0. The van der Waals surface area contributed by atoms with Crippen LogP contribution in [0.4, 0.5) is 5.69 Å². The Bertz CT molecular complexity index is 1410. The maximum Gasteiger partial charge on any atom is 0.269 e. The Kier molecular flexibility index (Phi) is 10.2. The van der Waals surface area contributed by atoms with E-state index >= 15 is 0 Å². The Morgan fingerprint density at radius 1 is 1.05 bits per heavy atom. The average Bonchev–Trinajstić information content (AvgIpc) is 2.92. The third-order valence-corrected chi connectivity index (χ3v) is 8.02. The van der Waals surface area contributed by atoms with E-state index in [1.54, 1.807) is 12.1 Å². The summed E-state index contributed by atoms with van der Waals surface area (Å²) in [7, 11) is -2.73. The van der Waals surface area contributed by atoms with Crippen LogP contribution in [0.15, 0.2) is 77.7 Å². The highest BCUT2D eigenvalue weighted by Crippen LogP contribution is 2.25. The highest BCUT2D eigenvalue weighted by Gasteiger charge is 2.32. The van der Waals surface area contributed by atoms with Crippen molar-refractivity contribution < 1.29 is 33.1 Å². The molecule has 0 aliphatic carbocycles. The Balaban J connectivity index is 1.91. The number of sulfonamides is 1. The van der Waals surface area contributed by atoms with Crippen molar-refractivity contribution in [1.29, 1.82) is 0 Å². The molecule has 214 valence electrons. The van der Waals surface area contributed by atoms with E-state index in [0.29, 0.717) is 5.75 Å². The maximum atomic E-state index is 13.5. The van der Waals surface area contributed by atoms with E-state index < -0.39 is 33.0 Å². The summed E-state index contributed by atoms with van der Waals surface area (Å²) in [6.45, 7) is 3.34. The van der Waals surface area contributed by atoms with E-state index in [-0.39, 0.29) is 47.3 Å². The van der Waals surface area contributed by atoms with E-state index in [1.165, 1.54) is 25.3 Å². The zero-order valence-electron chi connectivity index (χ0n) is 22.4. The molecule has 3 aromatic rings. The molecule has 0 unspecified atom stereocenters. The van der Waals surface area contributed by atoms with Crippen molar-refractivity contribution in [2.24, 2.45) is 5.92 Å². The lowest BCUT2D eigenvalue weighted by Crippen LogP contribution is -2.51. The van der Waals surface area contributed by atoms with E-state index in [1.807, 2.05) is 32.0 Å². The van der Waals surface area contributed by atoms with Crippen LogP contribution in [0.3, 0.4) is 0 Å². The van der Waals surface area contributed by atoms with Crippen molar-refractivity contribution in [2.45, 2.75) is 37.3 Å². The average molecular weight is 572 g/mol. The molecule has 0 radical (unpaired) electrons. The lowest BCUT2D eigenvalue weighted by Gasteiger charge is -2.31. The smallest absolute Gasteiger partial charge is 0.269 e. The van der Waals surface area contributed by atoms with Gasteiger partial charge in [-0.1, -0.05) is 44.2 Å². The number of aliphatic hydroxyl groups excluding tert-OH is 1. The first-order valence-corrected chi connectivity index (χ1v) is 14.0. The molecular formula is C28H33N3O8S. The molecular weight excluding hydrogens is 538 g/mol. The molecule has 3 aromatic carbocycles. The predicted molar refractivity (Wildman–Crippen MR) is 149 cm³/mol. The largest absolute Gasteiger partial charge is 0.507 e. The highest BCUT2D eigenvalue weighted by molar-refractivity contribution is 7.89. The highest BCUT2D eigenvalue weighted by atomic mass is 32.2. The number of non-ortho nitro benzene ring substituents is 1. The summed E-state index contributed by atoms with van der Waals surface area (Å²) < 4.78 is 33.2. The van der Waals surface area contributed by atoms with Crippen LogP contribution >= 0.6 is 0 Å². The van der Waals surface area contributed by atoms with Crippen molar-refractivity contribution in [3.63, 3.8) is 0 Å². The van der Waals surface area contributed by atoms with Gasteiger partial charge >= 0.3 is 0 Å². The van der Waals surface area contributed by atoms with Crippen LogP contribution in [0, 0.1) is 16.0 Å². The Labute approximate surface area is 233 Å². The second-order valence-corrected chi connectivity index (χ2v) is 11.6. The van der Waals surface area contributed by atoms with Gasteiger partial charge in [0.25, 0.3) is 11.6 Å². The van der Waals surface area contributed by atoms with Gasteiger partial charge in [-0.25, -0.2) is 8.42 Å². The van der Waals surface area contributed by atoms with Crippen LogP contribution in [-0.4, -0.2) is 66.1 Å². The molecule has 12 heteroatoms. The van der Waals surface area contributed by atoms with Gasteiger partial charge in [-0.05, 0) is 42.2 Å². The molecule has 0 fully saturated rings. The van der Waals surface area contributed by atoms with Crippen LogP contribution in [-0.2, 0) is 16.4 Å². The number of carbonyl (C=O) groups excluding carboxylic acids is 1. The quantitative estimate of drug-likeness (QED) is 0.208. The van der Waals surface area contributed by atoms with Gasteiger partial charge in [0.2, 0.25) is 10.0 Å². The van der Waals surface area contributed by atoms with Gasteiger partial charge in [-0.3, -0.25) is 14.9 Å². The molecule has 0 saturated carbocycles. The Morgan fingerprint density at radius 3 is 2.25 bits per heavy atom. The number of ether oxygens (including phenoxy) is 1. The Hall–Kier alpha value is -4.00. The lowest BCUT2D eigenvalue weighted by atomic mass is 10.00. The fourth-order valence-corrected chi connectivity index (χ4v) is 5.75. The van der Waals surface area contributed by atoms with Crippen LogP contribution in [0.1, 0.15) is 29.8 Å². The zero-order valence-corrected chi connectivity index (χ0v) is 23.2. The third kappa shape index (κ3) is 7.78. The number of benzene rings is 3. The summed E-state index contributed by atoms with van der Waals surface area (Å²) in [4.78, 5) is 23.4. The van der Waals surface area contributed by atoms with Gasteiger partial charge in [0, 0.05) is 31.3 Å². The number of nitro benzene ring substituents is 1. The number of nitrogens with zero attached hydrogens (tertiary/aromatic N) is 2. The number of amides is 1. The molecule has 0 bridgehead atoms. The first-order valence-electron chi connectivity index (χ1n) is 12.6. The van der Waals surface area contributed by atoms with Gasteiger partial charge in [0.15, 0.2) is 0 Å². The minimum absolute atomic E-state index is 0.0383. The third-order valence-electron chi connectivity index (χ3n) is 6.17. The number of rotatable bonds is 13. The van der Waals surface area contributed by atoms with E-state index in [4.69, 9.17) is 4.74 Å². The number of hydrogen-bond acceptors (Lipinski definition) is 8. The van der Waals surface area contributed by atoms with Crippen LogP contribution < -0.4 is 10.1 Å². The number of hydrogen-bond donors (Lipinski definition) is 3. The molecule has 11 nitrogen and oxygen atoms in total. The molecule has 3 rings (SSSR count). The molecule has 3 N–H and O–H groups in total. The maximum absolute atomic E-state index is 13.5. The van der Waals surface area contributed by atoms with Gasteiger partial charge in [0.05, 0.1) is 34.6 Å². The van der Waals surface area contributed by atoms with E-state index in [9.17, 15) is 33.5 Å². The summed E-state index contributed by atoms with van der Waals surface area (Å²) in [6, 6.07) is 16.9. The number of phenolic OH excluding ortho intramolecular Hbond substituents is 1. The van der Waals surface area contributed by atoms with Crippen molar-refractivity contribution in [1.82, 2.24) is 9.62 Å². The van der Waals surface area contributed by atoms with Crippen molar-refractivity contribution in [3.8, 4) is 11.5 Å². The zero-order chi connectivity index (χ0) is 29.4. The van der Waals surface area contributed by atoms with Gasteiger partial charge in [-0.2, -0.15) is 4.31 Å². The van der Waals surface area contributed by atoms with Gasteiger partial charge < -0.3 is 20.3 Å². The first-order chi connectivity index (χ1) is 18.9. The number of carbonyl (C=O) groups is 1. The summed E-state index contributed by atoms with van der Waals surface area (Å²) in [5.41, 5.74) is 0.504. The molecule has 0 aliphatic rings. The number of aliphatic hydroxyl groups is 1. The fraction of sp³-hybridized carbons (Fsp3) is 0.321. The summed E-state index contributed by atoms with van der Waals surface area (Å²) in [6.07, 6.45) is -1.17. The van der Waals surface area contributed by atoms with Crippen LogP contribution in [0.5, 0.6) is 11.5 Å². The number of methoxy groups -OCH3 is 1. The Morgan fingerprint density at radius 2 is 1.70 bits per heavy atom. The summed E-state index contributed by atoms with van der Waals surface area (Å²) in [5, 5.41) is 35.4. The van der Waals surface area contributed by atoms with Gasteiger partial charge in [0.1, 0.15) is 11.5 Å². The number of aromatic hydroxyl groups is 1. The second-order valence-electron chi connectivity index (χ2n) is 9.69. The minimum atomic E-state index is -4.15. The van der Waals surface area contributed by atoms with Crippen molar-refractivity contribution in [3.05, 3.63) is 94.0 Å². The standard InChI is InChI=1S/C28H33N3O8S/c1-19(2)17-30(40(37,38)23-12-9-21(10-13-23)31(35)36)18-27(33)25(15-20-7-5-4-6-8-20)29-28(34)24-14-11-22(39-3)16-26(24)32/h4-14,16,19,25,27,32-33H,15,17-18H2,1-3H3,(H,29,34)/t25-,27+/m0/s1. The molecule has 0 aromatic heterocycles. The van der Waals surface area contributed by atoms with Crippen molar-refractivity contribution >= 4 is 21.6 Å². The second kappa shape index (κ2) is 13.4. The molecule has 0 aliphatic heterocycles. The first kappa shape index (κ1) is 30.5. The number of nitro groups is 1. The van der Waals surface area contributed by atoms with Crippen LogP contribution in [0.25, 0.3) is 0 Å². The molecule has 2 atom stereocenters. The topological polar surface area (TPSA) is 159 Å². The lowest BCUT2D eigenvalue weighted by molar-refractivity contribution is -0.384. The SMILES string of the molecule is COc1ccc(C(=O)N[C@@H](Cc2ccccc2)[C@H](O)CN(CC(C)C)S(=O)(=O)c2ccc([N+](=O)[O-])cc2)c(O)c1. The molecule has 0 spiro atoms. The van der Waals surface area contributed by atoms with E-state index in [0.717, 1.165) is 34.1 Å². The van der Waals surface area contributed by atoms with E-state index in [2.05, 4.69) is 5.32 Å². The predicted octanol–water partition coefficient (Wildman–Crippen LogP) is 3.36. The van der Waals surface area contributed by atoms with Crippen LogP contribution in [0.2, 0.25) is 0 Å². The minimum Gasteiger partial charge on any atom is -0.507 e. The molecule has 0 heterocycles. The van der Waals surface area contributed by atoms with Crippen molar-refractivity contribution in [2.75, 3.05) is 20.2 Å². The number of nitrogens with one attached hydrogen (secondary N) is 1. The molecule has 40 heavy (non-hydrogen) atoms. The van der Waals surface area contributed by atoms with Gasteiger partial charge in [-0.15, -0.1) is 0 Å². The fourth-order valence-electron chi connectivity index (χ4n) is 4.13. The number of phenols is 1. The molecule has 0 saturated heterocycles. The molecule has 1 amide bonds. The monoisotopic (exact) mass is 571 g/mol. The summed E-state index contributed by atoms with van der Waals surface area (Å²) in [5.74, 6) is -0.727. The normalized spacial score (nSPS) is 13.2.